The molecule has 0 saturated carbocycles. The van der Waals surface area contributed by atoms with Crippen LogP contribution in [0.1, 0.15) is 21.5 Å². The summed E-state index contributed by atoms with van der Waals surface area (Å²) in [5.41, 5.74) is 3.67. The maximum atomic E-state index is 11.3. The minimum atomic E-state index is 0.585. The van der Waals surface area contributed by atoms with Crippen LogP contribution in [-0.4, -0.2) is 16.1 Å². The van der Waals surface area contributed by atoms with Gasteiger partial charge in [-0.2, -0.15) is 5.10 Å². The summed E-state index contributed by atoms with van der Waals surface area (Å²) in [5.74, 6) is 0. The van der Waals surface area contributed by atoms with Crippen molar-refractivity contribution >= 4 is 29.2 Å². The molecule has 3 rings (SSSR count). The second-order valence-corrected chi connectivity index (χ2v) is 6.49. The Hall–Kier alpha value is -1.91. The smallest absolute Gasteiger partial charge is 0.153 e. The quantitative estimate of drug-likeness (QED) is 0.667. The highest BCUT2D eigenvalue weighted by molar-refractivity contribution is 7.19. The first-order chi connectivity index (χ1) is 10.2. The molecule has 0 amide bonds. The number of carbonyl (C=O) groups is 1. The van der Waals surface area contributed by atoms with Crippen molar-refractivity contribution in [1.29, 1.82) is 0 Å². The number of nitrogens with zero attached hydrogens (tertiary/aromatic N) is 2. The third-order valence-electron chi connectivity index (χ3n) is 3.32. The molecule has 0 radical (unpaired) electrons. The van der Waals surface area contributed by atoms with Gasteiger partial charge in [0.05, 0.1) is 21.3 Å². The average Bonchev–Trinajstić information content (AvgIpc) is 3.07. The molecule has 0 fully saturated rings. The molecule has 0 atom stereocenters. The molecule has 0 unspecified atom stereocenters. The summed E-state index contributed by atoms with van der Waals surface area (Å²) in [5, 5.41) is 4.54. The van der Waals surface area contributed by atoms with Crippen molar-refractivity contribution in [1.82, 2.24) is 9.78 Å². The number of thiophene rings is 1. The lowest BCUT2D eigenvalue weighted by Gasteiger charge is -2.05. The van der Waals surface area contributed by atoms with E-state index < -0.39 is 0 Å². The molecular weight excluding hydrogens is 304 g/mol. The Morgan fingerprint density at radius 2 is 2.10 bits per heavy atom. The molecule has 21 heavy (non-hydrogen) atoms. The number of hydrogen-bond acceptors (Lipinski definition) is 3. The van der Waals surface area contributed by atoms with E-state index in [1.165, 1.54) is 22.5 Å². The van der Waals surface area contributed by atoms with E-state index in [-0.39, 0.29) is 0 Å². The van der Waals surface area contributed by atoms with E-state index in [0.717, 1.165) is 11.2 Å². The monoisotopic (exact) mass is 316 g/mol. The van der Waals surface area contributed by atoms with Crippen LogP contribution in [0.15, 0.2) is 42.6 Å². The Morgan fingerprint density at radius 3 is 2.76 bits per heavy atom. The summed E-state index contributed by atoms with van der Waals surface area (Å²) in [6.07, 6.45) is 2.62. The van der Waals surface area contributed by atoms with Gasteiger partial charge in [-0.05, 0) is 30.2 Å². The van der Waals surface area contributed by atoms with Crippen molar-refractivity contribution in [3.05, 3.63) is 63.6 Å². The Kier molecular flexibility index (Phi) is 3.90. The number of carbonyl (C=O) groups excluding carboxylic acids is 1. The Balaban J connectivity index is 1.96. The number of benzene rings is 1. The lowest BCUT2D eigenvalue weighted by atomic mass is 10.1. The van der Waals surface area contributed by atoms with Gasteiger partial charge in [0, 0.05) is 6.20 Å². The van der Waals surface area contributed by atoms with E-state index >= 15 is 0 Å². The topological polar surface area (TPSA) is 34.9 Å². The van der Waals surface area contributed by atoms with Crippen molar-refractivity contribution < 1.29 is 4.79 Å². The van der Waals surface area contributed by atoms with Crippen LogP contribution in [0.3, 0.4) is 0 Å². The maximum Gasteiger partial charge on any atom is 0.153 e. The Labute approximate surface area is 131 Å². The van der Waals surface area contributed by atoms with Crippen LogP contribution in [0.5, 0.6) is 0 Å². The third-order valence-corrected chi connectivity index (χ3v) is 4.56. The van der Waals surface area contributed by atoms with Gasteiger partial charge in [-0.25, -0.2) is 0 Å². The molecule has 5 heteroatoms. The molecule has 0 spiro atoms. The third kappa shape index (κ3) is 2.91. The standard InChI is InChI=1S/C16H13ClN2OS/c1-11-4-2-3-5-12(11)8-19-9-13(10-20)16(18-19)14-6-7-15(17)21-14/h2-7,9-10H,8H2,1H3. The van der Waals surface area contributed by atoms with E-state index in [1.54, 1.807) is 10.9 Å². The first kappa shape index (κ1) is 14.0. The van der Waals surface area contributed by atoms with Crippen LogP contribution in [0.2, 0.25) is 4.34 Å². The predicted octanol–water partition coefficient (Wildman–Crippen LogP) is 4.43. The van der Waals surface area contributed by atoms with Crippen molar-refractivity contribution in [3.63, 3.8) is 0 Å². The summed E-state index contributed by atoms with van der Waals surface area (Å²) in [6.45, 7) is 2.71. The SMILES string of the molecule is Cc1ccccc1Cn1cc(C=O)c(-c2ccc(Cl)s2)n1. The van der Waals surface area contributed by atoms with Crippen molar-refractivity contribution in [2.45, 2.75) is 13.5 Å². The predicted molar refractivity (Wildman–Crippen MR) is 86.2 cm³/mol. The van der Waals surface area contributed by atoms with E-state index in [1.807, 2.05) is 24.3 Å². The molecule has 0 saturated heterocycles. The molecular formula is C16H13ClN2OS. The number of hydrogen-bond donors (Lipinski definition) is 0. The largest absolute Gasteiger partial charge is 0.298 e. The zero-order valence-corrected chi connectivity index (χ0v) is 13.0. The molecule has 3 nitrogen and oxygen atoms in total. The first-order valence-corrected chi connectivity index (χ1v) is 7.69. The summed E-state index contributed by atoms with van der Waals surface area (Å²) >= 11 is 7.38. The molecule has 2 aromatic heterocycles. The van der Waals surface area contributed by atoms with E-state index in [2.05, 4.69) is 24.2 Å². The lowest BCUT2D eigenvalue weighted by Crippen LogP contribution is -2.01. The number of halogens is 1. The van der Waals surface area contributed by atoms with Gasteiger partial charge in [0.1, 0.15) is 5.69 Å². The number of aryl methyl sites for hydroxylation is 1. The highest BCUT2D eigenvalue weighted by atomic mass is 35.5. The zero-order valence-electron chi connectivity index (χ0n) is 11.4. The normalized spacial score (nSPS) is 10.8. The second kappa shape index (κ2) is 5.84. The minimum Gasteiger partial charge on any atom is -0.298 e. The first-order valence-electron chi connectivity index (χ1n) is 6.50. The lowest BCUT2D eigenvalue weighted by molar-refractivity contribution is 0.112. The summed E-state index contributed by atoms with van der Waals surface area (Å²) in [7, 11) is 0. The van der Waals surface area contributed by atoms with E-state index in [9.17, 15) is 4.79 Å². The summed E-state index contributed by atoms with van der Waals surface area (Å²) in [4.78, 5) is 12.2. The van der Waals surface area contributed by atoms with Crippen molar-refractivity contribution in [2.75, 3.05) is 0 Å². The van der Waals surface area contributed by atoms with E-state index in [4.69, 9.17) is 11.6 Å². The van der Waals surface area contributed by atoms with Crippen molar-refractivity contribution in [3.8, 4) is 10.6 Å². The number of aldehydes is 1. The molecule has 0 aliphatic carbocycles. The van der Waals surface area contributed by atoms with Crippen molar-refractivity contribution in [2.24, 2.45) is 0 Å². The van der Waals surface area contributed by atoms with Crippen LogP contribution < -0.4 is 0 Å². The van der Waals surface area contributed by atoms with Crippen LogP contribution in [0.25, 0.3) is 10.6 Å². The van der Waals surface area contributed by atoms with Gasteiger partial charge < -0.3 is 0 Å². The van der Waals surface area contributed by atoms with Crippen LogP contribution in [0, 0.1) is 6.92 Å². The molecule has 0 bridgehead atoms. The molecule has 0 aliphatic heterocycles. The molecule has 0 N–H and O–H groups in total. The number of aromatic nitrogens is 2. The summed E-state index contributed by atoms with van der Waals surface area (Å²) < 4.78 is 2.49. The fourth-order valence-electron chi connectivity index (χ4n) is 2.20. The number of rotatable bonds is 4. The van der Waals surface area contributed by atoms with Crippen LogP contribution in [0.4, 0.5) is 0 Å². The molecule has 0 aliphatic rings. The van der Waals surface area contributed by atoms with Gasteiger partial charge in [0.25, 0.3) is 0 Å². The van der Waals surface area contributed by atoms with Gasteiger partial charge in [0.15, 0.2) is 6.29 Å². The minimum absolute atomic E-state index is 0.585. The van der Waals surface area contributed by atoms with Gasteiger partial charge in [-0.1, -0.05) is 35.9 Å². The van der Waals surface area contributed by atoms with E-state index in [0.29, 0.717) is 22.1 Å². The van der Waals surface area contributed by atoms with Gasteiger partial charge in [-0.3, -0.25) is 9.48 Å². The fraction of sp³-hybridized carbons (Fsp3) is 0.125. The maximum absolute atomic E-state index is 11.3. The van der Waals surface area contributed by atoms with Crippen LogP contribution in [-0.2, 0) is 6.54 Å². The Morgan fingerprint density at radius 1 is 1.29 bits per heavy atom. The van der Waals surface area contributed by atoms with Gasteiger partial charge in [0.2, 0.25) is 0 Å². The fourth-order valence-corrected chi connectivity index (χ4v) is 3.25. The van der Waals surface area contributed by atoms with Crippen LogP contribution >= 0.6 is 22.9 Å². The molecule has 1 aromatic carbocycles. The highest BCUT2D eigenvalue weighted by Crippen LogP contribution is 2.31. The molecule has 3 aromatic rings. The molecule has 106 valence electrons. The summed E-state index contributed by atoms with van der Waals surface area (Å²) in [6, 6.07) is 11.9. The Bertz CT molecular complexity index is 791. The second-order valence-electron chi connectivity index (χ2n) is 4.78. The average molecular weight is 317 g/mol. The van der Waals surface area contributed by atoms with Gasteiger partial charge in [-0.15, -0.1) is 11.3 Å². The highest BCUT2D eigenvalue weighted by Gasteiger charge is 2.13. The molecule has 2 heterocycles. The van der Waals surface area contributed by atoms with Gasteiger partial charge >= 0.3 is 0 Å². The zero-order chi connectivity index (χ0) is 14.8.